The zero-order valence-corrected chi connectivity index (χ0v) is 11.1. The number of hydrogen-bond acceptors (Lipinski definition) is 5. The molecule has 0 spiro atoms. The highest BCUT2D eigenvalue weighted by Crippen LogP contribution is 2.03. The van der Waals surface area contributed by atoms with Gasteiger partial charge in [-0.3, -0.25) is 10.1 Å². The van der Waals surface area contributed by atoms with Crippen LogP contribution in [0.15, 0.2) is 0 Å². The van der Waals surface area contributed by atoms with Gasteiger partial charge in [0.05, 0.1) is 6.54 Å². The molecular formula is C11H21N5O2. The van der Waals surface area contributed by atoms with Crippen LogP contribution in [-0.4, -0.2) is 37.3 Å². The highest BCUT2D eigenvalue weighted by molar-refractivity contribution is 5.73. The number of aliphatic carboxylic acids is 1. The Morgan fingerprint density at radius 2 is 2.22 bits per heavy atom. The number of aryl methyl sites for hydroxylation is 1. The van der Waals surface area contributed by atoms with Gasteiger partial charge in [-0.1, -0.05) is 27.2 Å². The molecule has 0 aliphatic heterocycles. The molecule has 0 bridgehead atoms. The molecule has 0 saturated heterocycles. The average molecular weight is 255 g/mol. The molecule has 7 heteroatoms. The molecule has 1 rings (SSSR count). The van der Waals surface area contributed by atoms with Crippen LogP contribution in [0.4, 0.5) is 0 Å². The van der Waals surface area contributed by atoms with Gasteiger partial charge in [0.1, 0.15) is 6.04 Å². The van der Waals surface area contributed by atoms with Crippen molar-refractivity contribution in [1.29, 1.82) is 0 Å². The summed E-state index contributed by atoms with van der Waals surface area (Å²) in [4.78, 5) is 11.0. The predicted octanol–water partition coefficient (Wildman–Crippen LogP) is 0.672. The third kappa shape index (κ3) is 4.06. The Hall–Kier alpha value is -1.50. The second-order valence-electron chi connectivity index (χ2n) is 4.61. The fourth-order valence-electron chi connectivity index (χ4n) is 1.64. The molecule has 1 atom stereocenters. The van der Waals surface area contributed by atoms with E-state index >= 15 is 0 Å². The van der Waals surface area contributed by atoms with Crippen molar-refractivity contribution in [1.82, 2.24) is 25.5 Å². The monoisotopic (exact) mass is 255 g/mol. The fourth-order valence-corrected chi connectivity index (χ4v) is 1.64. The number of carbonyl (C=O) groups is 1. The van der Waals surface area contributed by atoms with Gasteiger partial charge in [-0.05, 0) is 22.8 Å². The second-order valence-corrected chi connectivity index (χ2v) is 4.61. The van der Waals surface area contributed by atoms with E-state index in [1.165, 1.54) is 0 Å². The molecule has 1 aromatic rings. The van der Waals surface area contributed by atoms with Gasteiger partial charge in [0.2, 0.25) is 0 Å². The lowest BCUT2D eigenvalue weighted by molar-refractivity contribution is -0.140. The minimum atomic E-state index is -0.849. The Bertz CT molecular complexity index is 377. The summed E-state index contributed by atoms with van der Waals surface area (Å²) in [6, 6.07) is -0.582. The third-order valence-corrected chi connectivity index (χ3v) is 2.74. The van der Waals surface area contributed by atoms with Crippen LogP contribution in [0, 0.1) is 5.92 Å². The van der Waals surface area contributed by atoms with Crippen LogP contribution in [0.3, 0.4) is 0 Å². The van der Waals surface area contributed by atoms with E-state index in [0.717, 1.165) is 19.4 Å². The topological polar surface area (TPSA) is 92.9 Å². The largest absolute Gasteiger partial charge is 0.480 e. The van der Waals surface area contributed by atoms with E-state index in [2.05, 4.69) is 27.8 Å². The Labute approximate surface area is 107 Å². The van der Waals surface area contributed by atoms with E-state index in [4.69, 9.17) is 5.11 Å². The van der Waals surface area contributed by atoms with Crippen molar-refractivity contribution in [2.24, 2.45) is 5.92 Å². The number of carboxylic acid groups (broad SMARTS) is 1. The Morgan fingerprint density at radius 3 is 2.78 bits per heavy atom. The maximum atomic E-state index is 11.0. The zero-order valence-electron chi connectivity index (χ0n) is 11.1. The van der Waals surface area contributed by atoms with Crippen LogP contribution in [-0.2, 0) is 17.9 Å². The molecule has 2 N–H and O–H groups in total. The molecule has 0 aliphatic rings. The molecule has 0 aliphatic carbocycles. The van der Waals surface area contributed by atoms with Gasteiger partial charge in [-0.2, -0.15) is 0 Å². The van der Waals surface area contributed by atoms with Crippen molar-refractivity contribution in [2.45, 2.75) is 52.7 Å². The fraction of sp³-hybridized carbons (Fsp3) is 0.818. The second kappa shape index (κ2) is 7.05. The molecule has 1 heterocycles. The number of hydrogen-bond donors (Lipinski definition) is 2. The van der Waals surface area contributed by atoms with Crippen molar-refractivity contribution >= 4 is 5.97 Å². The maximum absolute atomic E-state index is 11.0. The lowest BCUT2D eigenvalue weighted by Gasteiger charge is -2.17. The number of tetrazole rings is 1. The summed E-state index contributed by atoms with van der Waals surface area (Å²) >= 11 is 0. The van der Waals surface area contributed by atoms with Crippen molar-refractivity contribution < 1.29 is 9.90 Å². The molecule has 102 valence electrons. The highest BCUT2D eigenvalue weighted by atomic mass is 16.4. The van der Waals surface area contributed by atoms with E-state index in [9.17, 15) is 4.79 Å². The molecule has 1 unspecified atom stereocenters. The van der Waals surface area contributed by atoms with Crippen LogP contribution in [0.25, 0.3) is 0 Å². The number of carboxylic acids is 1. The van der Waals surface area contributed by atoms with Crippen LogP contribution >= 0.6 is 0 Å². The summed E-state index contributed by atoms with van der Waals surface area (Å²) in [5, 5.41) is 23.5. The number of rotatable bonds is 8. The van der Waals surface area contributed by atoms with Gasteiger partial charge < -0.3 is 5.11 Å². The van der Waals surface area contributed by atoms with E-state index < -0.39 is 12.0 Å². The van der Waals surface area contributed by atoms with E-state index in [-0.39, 0.29) is 5.92 Å². The van der Waals surface area contributed by atoms with Gasteiger partial charge in [-0.15, -0.1) is 5.10 Å². The summed E-state index contributed by atoms with van der Waals surface area (Å²) < 4.78 is 1.72. The minimum absolute atomic E-state index is 0.0162. The van der Waals surface area contributed by atoms with E-state index in [1.807, 2.05) is 13.8 Å². The Morgan fingerprint density at radius 1 is 1.50 bits per heavy atom. The zero-order chi connectivity index (χ0) is 13.5. The Balaban J connectivity index is 2.56. The van der Waals surface area contributed by atoms with Crippen LogP contribution in [0.5, 0.6) is 0 Å². The molecule has 7 nitrogen and oxygen atoms in total. The molecule has 0 aromatic carbocycles. The van der Waals surface area contributed by atoms with Crippen LogP contribution < -0.4 is 5.32 Å². The van der Waals surface area contributed by atoms with Gasteiger partial charge >= 0.3 is 5.97 Å². The van der Waals surface area contributed by atoms with E-state index in [1.54, 1.807) is 4.68 Å². The van der Waals surface area contributed by atoms with Crippen molar-refractivity contribution in [3.05, 3.63) is 5.82 Å². The summed E-state index contributed by atoms with van der Waals surface area (Å²) in [5.74, 6) is -0.157. The standard InChI is InChI=1S/C11H21N5O2/c1-4-5-6-16-9(13-14-15-16)7-12-10(8(2)3)11(17)18/h8,10,12H,4-7H2,1-3H3,(H,17,18). The lowest BCUT2D eigenvalue weighted by Crippen LogP contribution is -2.41. The van der Waals surface area contributed by atoms with Gasteiger partial charge in [0, 0.05) is 6.54 Å². The van der Waals surface area contributed by atoms with Crippen LogP contribution in [0.2, 0.25) is 0 Å². The first-order valence-corrected chi connectivity index (χ1v) is 6.27. The first kappa shape index (κ1) is 14.6. The summed E-state index contributed by atoms with van der Waals surface area (Å²) in [6.45, 7) is 6.96. The van der Waals surface area contributed by atoms with Gasteiger partial charge in [0.25, 0.3) is 0 Å². The van der Waals surface area contributed by atoms with Gasteiger partial charge in [-0.25, -0.2) is 4.68 Å². The number of aromatic nitrogens is 4. The molecule has 0 saturated carbocycles. The highest BCUT2D eigenvalue weighted by Gasteiger charge is 2.21. The van der Waals surface area contributed by atoms with E-state index in [0.29, 0.717) is 12.4 Å². The SMILES string of the molecule is CCCCn1nnnc1CNC(C(=O)O)C(C)C. The number of nitrogens with zero attached hydrogens (tertiary/aromatic N) is 4. The quantitative estimate of drug-likeness (QED) is 0.709. The number of unbranched alkanes of at least 4 members (excludes halogenated alkanes) is 1. The average Bonchev–Trinajstić information content (AvgIpc) is 2.73. The summed E-state index contributed by atoms with van der Waals surface area (Å²) in [7, 11) is 0. The van der Waals surface area contributed by atoms with Crippen molar-refractivity contribution in [2.75, 3.05) is 0 Å². The lowest BCUT2D eigenvalue weighted by atomic mass is 10.1. The summed E-state index contributed by atoms with van der Waals surface area (Å²) in [6.07, 6.45) is 2.07. The first-order valence-electron chi connectivity index (χ1n) is 6.27. The molecule has 0 fully saturated rings. The van der Waals surface area contributed by atoms with Gasteiger partial charge in [0.15, 0.2) is 5.82 Å². The molecule has 0 amide bonds. The van der Waals surface area contributed by atoms with Crippen molar-refractivity contribution in [3.63, 3.8) is 0 Å². The smallest absolute Gasteiger partial charge is 0.320 e. The minimum Gasteiger partial charge on any atom is -0.480 e. The maximum Gasteiger partial charge on any atom is 0.320 e. The third-order valence-electron chi connectivity index (χ3n) is 2.74. The molecular weight excluding hydrogens is 234 g/mol. The first-order chi connectivity index (χ1) is 8.56. The molecule has 0 radical (unpaired) electrons. The molecule has 18 heavy (non-hydrogen) atoms. The predicted molar refractivity (Wildman–Crippen MR) is 65.8 cm³/mol. The Kier molecular flexibility index (Phi) is 5.70. The van der Waals surface area contributed by atoms with Crippen LogP contribution in [0.1, 0.15) is 39.4 Å². The number of nitrogens with one attached hydrogen (secondary N) is 1. The van der Waals surface area contributed by atoms with Crippen molar-refractivity contribution in [3.8, 4) is 0 Å². The summed E-state index contributed by atoms with van der Waals surface area (Å²) in [5.41, 5.74) is 0. The normalized spacial score (nSPS) is 12.9. The molecule has 1 aromatic heterocycles.